The van der Waals surface area contributed by atoms with E-state index in [-0.39, 0.29) is 17.4 Å². The number of hydrogen-bond donors (Lipinski definition) is 2. The second-order valence-electron chi connectivity index (χ2n) is 6.76. The molecule has 0 aromatic heterocycles. The van der Waals surface area contributed by atoms with Crippen LogP contribution in [-0.2, 0) is 5.41 Å². The fourth-order valence-corrected chi connectivity index (χ4v) is 3.37. The Balaban J connectivity index is 1.39. The van der Waals surface area contributed by atoms with Crippen molar-refractivity contribution in [1.82, 2.24) is 10.6 Å². The Labute approximate surface area is 147 Å². The Hall–Kier alpha value is -2.82. The molecular formula is C20H21N3O2. The van der Waals surface area contributed by atoms with Crippen LogP contribution in [0.3, 0.4) is 0 Å². The summed E-state index contributed by atoms with van der Waals surface area (Å²) in [5.74, 6) is -0.0698. The van der Waals surface area contributed by atoms with E-state index < -0.39 is 0 Å². The largest absolute Gasteiger partial charge is 0.351 e. The summed E-state index contributed by atoms with van der Waals surface area (Å²) in [5.41, 5.74) is 2.83. The fourth-order valence-electron chi connectivity index (χ4n) is 3.37. The third-order valence-corrected chi connectivity index (χ3v) is 5.13. The van der Waals surface area contributed by atoms with Crippen LogP contribution in [0.2, 0.25) is 0 Å². The summed E-state index contributed by atoms with van der Waals surface area (Å²) >= 11 is 0. The van der Waals surface area contributed by atoms with E-state index >= 15 is 0 Å². The van der Waals surface area contributed by atoms with Crippen LogP contribution in [0, 0.1) is 0 Å². The average Bonchev–Trinajstić information content (AvgIpc) is 3.34. The highest BCUT2D eigenvalue weighted by Crippen LogP contribution is 2.47. The lowest BCUT2D eigenvalue weighted by atomic mass is 9.96. The molecule has 0 unspecified atom stereocenters. The highest BCUT2D eigenvalue weighted by molar-refractivity contribution is 5.97. The molecule has 5 heteroatoms. The van der Waals surface area contributed by atoms with Crippen molar-refractivity contribution in [2.75, 3.05) is 24.5 Å². The number of benzene rings is 2. The zero-order valence-electron chi connectivity index (χ0n) is 14.0. The van der Waals surface area contributed by atoms with Crippen LogP contribution < -0.4 is 15.5 Å². The molecule has 0 radical (unpaired) electrons. The van der Waals surface area contributed by atoms with Gasteiger partial charge in [0.2, 0.25) is 0 Å². The number of rotatable bonds is 5. The maximum atomic E-state index is 12.4. The Morgan fingerprint density at radius 3 is 2.40 bits per heavy atom. The topological polar surface area (TPSA) is 61.4 Å². The molecule has 0 atom stereocenters. The fraction of sp³-hybridized carbons (Fsp3) is 0.300. The maximum Gasteiger partial charge on any atom is 0.321 e. The molecule has 1 saturated carbocycles. The first-order valence-electron chi connectivity index (χ1n) is 8.67. The summed E-state index contributed by atoms with van der Waals surface area (Å²) in [6.07, 6.45) is 2.22. The molecular weight excluding hydrogens is 314 g/mol. The summed E-state index contributed by atoms with van der Waals surface area (Å²) in [4.78, 5) is 25.8. The lowest BCUT2D eigenvalue weighted by Gasteiger charge is -2.17. The molecule has 2 aromatic carbocycles. The molecule has 2 aromatic rings. The SMILES string of the molecule is O=C(NCC1(c2ccccc2)CC1)c1ccc(N2CCNC2=O)cc1. The summed E-state index contributed by atoms with van der Waals surface area (Å²) in [6.45, 7) is 1.97. The number of nitrogens with zero attached hydrogens (tertiary/aromatic N) is 1. The van der Waals surface area contributed by atoms with Gasteiger partial charge in [-0.3, -0.25) is 9.69 Å². The van der Waals surface area contributed by atoms with Gasteiger partial charge in [-0.2, -0.15) is 0 Å². The predicted molar refractivity (Wildman–Crippen MR) is 96.9 cm³/mol. The second-order valence-corrected chi connectivity index (χ2v) is 6.76. The van der Waals surface area contributed by atoms with E-state index in [4.69, 9.17) is 0 Å². The monoisotopic (exact) mass is 335 g/mol. The Morgan fingerprint density at radius 2 is 1.80 bits per heavy atom. The molecule has 2 N–H and O–H groups in total. The number of carbonyl (C=O) groups is 2. The van der Waals surface area contributed by atoms with Gasteiger partial charge >= 0.3 is 6.03 Å². The van der Waals surface area contributed by atoms with Crippen molar-refractivity contribution in [1.29, 1.82) is 0 Å². The molecule has 25 heavy (non-hydrogen) atoms. The summed E-state index contributed by atoms with van der Waals surface area (Å²) in [6, 6.07) is 17.5. The minimum atomic E-state index is -0.0873. The van der Waals surface area contributed by atoms with Crippen molar-refractivity contribution in [2.24, 2.45) is 0 Å². The van der Waals surface area contributed by atoms with Crippen LogP contribution in [0.5, 0.6) is 0 Å². The minimum Gasteiger partial charge on any atom is -0.351 e. The van der Waals surface area contributed by atoms with E-state index in [1.54, 1.807) is 17.0 Å². The molecule has 0 spiro atoms. The molecule has 128 valence electrons. The number of nitrogens with one attached hydrogen (secondary N) is 2. The Morgan fingerprint density at radius 1 is 1.08 bits per heavy atom. The number of hydrogen-bond acceptors (Lipinski definition) is 2. The number of amides is 3. The Kier molecular flexibility index (Phi) is 3.92. The summed E-state index contributed by atoms with van der Waals surface area (Å²) < 4.78 is 0. The lowest BCUT2D eigenvalue weighted by molar-refractivity contribution is 0.0949. The van der Waals surface area contributed by atoms with E-state index in [1.807, 2.05) is 30.3 Å². The van der Waals surface area contributed by atoms with E-state index in [1.165, 1.54) is 5.56 Å². The van der Waals surface area contributed by atoms with Crippen LogP contribution in [0.25, 0.3) is 0 Å². The van der Waals surface area contributed by atoms with Crippen LogP contribution in [0.4, 0.5) is 10.5 Å². The van der Waals surface area contributed by atoms with Gasteiger partial charge in [0.1, 0.15) is 0 Å². The van der Waals surface area contributed by atoms with Gasteiger partial charge in [-0.25, -0.2) is 4.79 Å². The van der Waals surface area contributed by atoms with Crippen LogP contribution in [-0.4, -0.2) is 31.6 Å². The molecule has 4 rings (SSSR count). The molecule has 5 nitrogen and oxygen atoms in total. The van der Waals surface area contributed by atoms with E-state index in [0.717, 1.165) is 18.5 Å². The third-order valence-electron chi connectivity index (χ3n) is 5.13. The molecule has 0 bridgehead atoms. The van der Waals surface area contributed by atoms with Gasteiger partial charge in [0.25, 0.3) is 5.91 Å². The highest BCUT2D eigenvalue weighted by atomic mass is 16.2. The molecule has 1 aliphatic carbocycles. The number of carbonyl (C=O) groups excluding carboxylic acids is 2. The smallest absolute Gasteiger partial charge is 0.321 e. The van der Waals surface area contributed by atoms with E-state index in [9.17, 15) is 9.59 Å². The van der Waals surface area contributed by atoms with Crippen LogP contribution >= 0.6 is 0 Å². The first-order chi connectivity index (χ1) is 12.2. The van der Waals surface area contributed by atoms with Crippen molar-refractivity contribution < 1.29 is 9.59 Å². The molecule has 2 aliphatic rings. The zero-order valence-corrected chi connectivity index (χ0v) is 14.0. The lowest BCUT2D eigenvalue weighted by Crippen LogP contribution is -2.32. The highest BCUT2D eigenvalue weighted by Gasteiger charge is 2.44. The molecule has 1 aliphatic heterocycles. The van der Waals surface area contributed by atoms with Gasteiger partial charge in [-0.1, -0.05) is 30.3 Å². The zero-order chi connectivity index (χ0) is 17.3. The van der Waals surface area contributed by atoms with Gasteiger partial charge in [-0.15, -0.1) is 0 Å². The number of urea groups is 1. The summed E-state index contributed by atoms with van der Waals surface area (Å²) in [5, 5.41) is 5.84. The molecule has 2 fully saturated rings. The van der Waals surface area contributed by atoms with Crippen molar-refractivity contribution in [3.63, 3.8) is 0 Å². The van der Waals surface area contributed by atoms with Crippen molar-refractivity contribution in [2.45, 2.75) is 18.3 Å². The summed E-state index contributed by atoms with van der Waals surface area (Å²) in [7, 11) is 0. The molecule has 1 heterocycles. The third kappa shape index (κ3) is 3.09. The average molecular weight is 335 g/mol. The van der Waals surface area contributed by atoms with E-state index in [2.05, 4.69) is 22.8 Å². The van der Waals surface area contributed by atoms with Gasteiger partial charge in [0.05, 0.1) is 0 Å². The van der Waals surface area contributed by atoms with Crippen LogP contribution in [0.1, 0.15) is 28.8 Å². The second kappa shape index (κ2) is 6.24. The van der Waals surface area contributed by atoms with Gasteiger partial charge < -0.3 is 10.6 Å². The molecule has 1 saturated heterocycles. The van der Waals surface area contributed by atoms with Gasteiger partial charge in [0.15, 0.2) is 0 Å². The van der Waals surface area contributed by atoms with Gasteiger partial charge in [0, 0.05) is 36.3 Å². The van der Waals surface area contributed by atoms with Crippen molar-refractivity contribution in [3.8, 4) is 0 Å². The Bertz CT molecular complexity index is 782. The predicted octanol–water partition coefficient (Wildman–Crippen LogP) is 2.68. The van der Waals surface area contributed by atoms with Gasteiger partial charge in [-0.05, 0) is 42.7 Å². The molecule has 3 amide bonds. The van der Waals surface area contributed by atoms with Crippen LogP contribution in [0.15, 0.2) is 54.6 Å². The minimum absolute atomic E-state index is 0.0698. The van der Waals surface area contributed by atoms with E-state index in [0.29, 0.717) is 25.2 Å². The normalized spacial score (nSPS) is 17.9. The van der Waals surface area contributed by atoms with Crippen molar-refractivity contribution >= 4 is 17.6 Å². The standard InChI is InChI=1S/C20H21N3O2/c24-18(22-14-20(10-11-20)16-4-2-1-3-5-16)15-6-8-17(9-7-15)23-13-12-21-19(23)25/h1-9H,10-14H2,(H,21,25)(H,22,24). The quantitative estimate of drug-likeness (QED) is 0.882. The first-order valence-corrected chi connectivity index (χ1v) is 8.67. The first kappa shape index (κ1) is 15.7. The number of anilines is 1. The maximum absolute atomic E-state index is 12.4. The van der Waals surface area contributed by atoms with Crippen molar-refractivity contribution in [3.05, 3.63) is 65.7 Å².